The number of H-pyrrole nitrogens is 1. The predicted octanol–water partition coefficient (Wildman–Crippen LogP) is 9.43. The molecule has 5 unspecified atom stereocenters. The van der Waals surface area contributed by atoms with E-state index in [2.05, 4.69) is 65.0 Å². The van der Waals surface area contributed by atoms with Crippen LogP contribution in [0.3, 0.4) is 0 Å². The molecule has 0 radical (unpaired) electrons. The number of halogens is 1. The molecule has 2 bridgehead atoms. The number of fused-ring (bicyclic) bond motifs is 4. The molecule has 4 aliphatic heterocycles. The highest BCUT2D eigenvalue weighted by molar-refractivity contribution is 6.06. The number of hydrogen-bond donors (Lipinski definition) is 4. The summed E-state index contributed by atoms with van der Waals surface area (Å²) in [4.78, 5) is 41.2. The smallest absolute Gasteiger partial charge is 0.319 e. The molecule has 4 N–H and O–H groups in total. The molecule has 8 heterocycles. The number of aliphatic hydroxyl groups is 1. The van der Waals surface area contributed by atoms with Gasteiger partial charge in [-0.2, -0.15) is 15.1 Å². The molecule has 5 aliphatic rings. The number of ether oxygens (including phenoxy) is 3. The molecular weight excluding hydrogens is 1050 g/mol. The lowest BCUT2D eigenvalue weighted by molar-refractivity contribution is -0.112. The van der Waals surface area contributed by atoms with Crippen molar-refractivity contribution in [1.29, 1.82) is 0 Å². The number of hydrogen-bond acceptors (Lipinski definition) is 16. The van der Waals surface area contributed by atoms with E-state index in [4.69, 9.17) is 24.2 Å². The SMILES string of the molecule is CN1CCCC1C=O.CNC(CO)c1ccc(-c2ncccc2C)cc1.Cc1c(F)cc2[nH]ncc2c1-c1c(C2CC2)cc2c(N3CC4CC3CN4)nc(OC3CCOCC3)nc2c1OCc1ccc(-c2cn(C(C=O)C(C)C)nn2)cc1. The zero-order valence-corrected chi connectivity index (χ0v) is 48.2. The molecule has 83 heavy (non-hydrogen) atoms. The maximum Gasteiger partial charge on any atom is 0.319 e. The number of piperazine rings is 1. The van der Waals surface area contributed by atoms with Crippen molar-refractivity contribution in [3.8, 4) is 45.4 Å². The number of aryl methyl sites for hydroxylation is 1. The predicted molar refractivity (Wildman–Crippen MR) is 318 cm³/mol. The van der Waals surface area contributed by atoms with Gasteiger partial charge in [-0.3, -0.25) is 15.0 Å². The number of aromatic nitrogens is 8. The van der Waals surface area contributed by atoms with Gasteiger partial charge in [0.1, 0.15) is 54.2 Å². The molecule has 13 rings (SSSR count). The van der Waals surface area contributed by atoms with Crippen LogP contribution in [0.2, 0.25) is 0 Å². The summed E-state index contributed by atoms with van der Waals surface area (Å²) in [6.07, 6.45) is 14.1. The molecule has 4 aromatic carbocycles. The number of benzene rings is 4. The molecule has 0 amide bonds. The molecule has 4 saturated heterocycles. The van der Waals surface area contributed by atoms with E-state index >= 15 is 4.39 Å². The number of likely N-dealkylation sites (tertiary alicyclic amines) is 1. The van der Waals surface area contributed by atoms with E-state index in [0.29, 0.717) is 59.3 Å². The molecular formula is C64H75FN12O6. The molecule has 434 valence electrons. The maximum absolute atomic E-state index is 15.9. The van der Waals surface area contributed by atoms with Crippen molar-refractivity contribution in [3.63, 3.8) is 0 Å². The molecule has 1 aliphatic carbocycles. The fraction of sp³-hybridized carbons (Fsp3) is 0.438. The van der Waals surface area contributed by atoms with Crippen LogP contribution in [0.25, 0.3) is 55.4 Å². The standard InChI is InChI=1S/C43H46FN9O4.C15H18N2O.C6H11NO/c1-23(2)37(21-54)53-20-36(50-51-53)27-6-4-25(5-7-27)22-56-41-39(38-24(3)34(44)16-35-33(38)18-46-49-35)31(26-8-9-26)15-32-40(41)47-43(57-30-10-12-55-13-11-30)48-42(32)52-19-28-14-29(52)17-45-28;1-11-4-3-9-17-15(11)13-7-5-12(6-8-13)14(10-18)16-2;1-7-4-2-3-6(7)5-8/h4-7,15-16,18,20-21,23,26,28-30,37,45H,8-14,17,19,22H2,1-3H3,(H,46,49);3-9,14,16,18H,10H2,1-2H3;5-6H,2-4H2,1H3. The zero-order valence-electron chi connectivity index (χ0n) is 48.2. The average molecular weight is 1130 g/mol. The van der Waals surface area contributed by atoms with E-state index in [-0.39, 0.29) is 55.1 Å². The summed E-state index contributed by atoms with van der Waals surface area (Å²) in [7, 11) is 3.84. The normalized spacial score (nSPS) is 19.6. The van der Waals surface area contributed by atoms with E-state index < -0.39 is 0 Å². The van der Waals surface area contributed by atoms with Crippen molar-refractivity contribution in [3.05, 3.63) is 125 Å². The number of pyridine rings is 1. The van der Waals surface area contributed by atoms with Crippen LogP contribution >= 0.6 is 0 Å². The van der Waals surface area contributed by atoms with Gasteiger partial charge in [0.2, 0.25) is 0 Å². The average Bonchev–Trinajstić information content (AvgIpc) is 3.93. The highest BCUT2D eigenvalue weighted by Gasteiger charge is 2.41. The third-order valence-corrected chi connectivity index (χ3v) is 17.0. The fourth-order valence-electron chi connectivity index (χ4n) is 12.0. The Balaban J connectivity index is 0.000000228. The van der Waals surface area contributed by atoms with Crippen LogP contribution in [0.15, 0.2) is 91.4 Å². The Bertz CT molecular complexity index is 3540. The number of anilines is 1. The quantitative estimate of drug-likeness (QED) is 0.0626. The van der Waals surface area contributed by atoms with Gasteiger partial charge < -0.3 is 44.4 Å². The van der Waals surface area contributed by atoms with Gasteiger partial charge in [-0.15, -0.1) is 5.10 Å². The van der Waals surface area contributed by atoms with Crippen LogP contribution in [0.1, 0.15) is 105 Å². The largest absolute Gasteiger partial charge is 0.486 e. The fourth-order valence-corrected chi connectivity index (χ4v) is 12.0. The van der Waals surface area contributed by atoms with Crippen molar-refractivity contribution < 1.29 is 33.3 Å². The lowest BCUT2D eigenvalue weighted by atomic mass is 9.88. The summed E-state index contributed by atoms with van der Waals surface area (Å²) in [5.41, 5.74) is 11.3. The number of nitrogens with zero attached hydrogens (tertiary/aromatic N) is 9. The number of aldehydes is 2. The number of rotatable bonds is 17. The highest BCUT2D eigenvalue weighted by atomic mass is 19.1. The van der Waals surface area contributed by atoms with Crippen LogP contribution in [0.5, 0.6) is 11.8 Å². The van der Waals surface area contributed by atoms with Gasteiger partial charge in [0.25, 0.3) is 0 Å². The zero-order chi connectivity index (χ0) is 57.7. The van der Waals surface area contributed by atoms with Gasteiger partial charge in [-0.1, -0.05) is 73.7 Å². The minimum absolute atomic E-state index is 0.0103. The summed E-state index contributed by atoms with van der Waals surface area (Å²) in [6.45, 7) is 12.3. The van der Waals surface area contributed by atoms with Crippen molar-refractivity contribution in [1.82, 2.24) is 55.7 Å². The Kier molecular flexibility index (Phi) is 17.6. The highest BCUT2D eigenvalue weighted by Crippen LogP contribution is 2.53. The second-order valence-corrected chi connectivity index (χ2v) is 23.0. The van der Waals surface area contributed by atoms with Crippen molar-refractivity contribution in [2.45, 2.75) is 121 Å². The number of aromatic amines is 1. The van der Waals surface area contributed by atoms with E-state index in [1.165, 1.54) is 12.5 Å². The summed E-state index contributed by atoms with van der Waals surface area (Å²) in [5, 5.41) is 33.6. The number of likely N-dealkylation sites (N-methyl/N-ethyl adjacent to an activating group) is 2. The molecule has 5 atom stereocenters. The monoisotopic (exact) mass is 1130 g/mol. The molecule has 1 saturated carbocycles. The Morgan fingerprint density at radius 3 is 2.37 bits per heavy atom. The van der Waals surface area contributed by atoms with Gasteiger partial charge in [-0.05, 0) is 124 Å². The van der Waals surface area contributed by atoms with Gasteiger partial charge in [0.15, 0.2) is 5.75 Å². The van der Waals surface area contributed by atoms with Crippen LogP contribution in [-0.4, -0.2) is 141 Å². The van der Waals surface area contributed by atoms with Crippen molar-refractivity contribution >= 4 is 40.2 Å². The molecule has 0 spiro atoms. The first-order valence-electron chi connectivity index (χ1n) is 29.2. The summed E-state index contributed by atoms with van der Waals surface area (Å²) in [6, 6.07) is 24.7. The minimum atomic E-state index is -0.386. The van der Waals surface area contributed by atoms with E-state index in [1.54, 1.807) is 17.1 Å². The third kappa shape index (κ3) is 12.4. The van der Waals surface area contributed by atoms with E-state index in [1.807, 2.05) is 95.7 Å². The van der Waals surface area contributed by atoms with Crippen LogP contribution in [0.4, 0.5) is 10.2 Å². The van der Waals surface area contributed by atoms with Gasteiger partial charge in [-0.25, -0.2) is 9.07 Å². The Hall–Kier alpha value is -7.55. The first-order valence-corrected chi connectivity index (χ1v) is 29.2. The number of nitrogens with one attached hydrogen (secondary N) is 3. The summed E-state index contributed by atoms with van der Waals surface area (Å²) < 4.78 is 36.8. The van der Waals surface area contributed by atoms with Crippen molar-refractivity contribution in [2.24, 2.45) is 5.92 Å². The maximum atomic E-state index is 15.9. The van der Waals surface area contributed by atoms with Crippen LogP contribution < -0.4 is 25.0 Å². The molecule has 19 heteroatoms. The second-order valence-electron chi connectivity index (χ2n) is 23.0. The lowest BCUT2D eigenvalue weighted by Crippen LogP contribution is -2.44. The van der Waals surface area contributed by atoms with Crippen LogP contribution in [0, 0.1) is 25.6 Å². The van der Waals surface area contributed by atoms with E-state index in [9.17, 15) is 14.7 Å². The number of aliphatic hydroxyl groups excluding tert-OH is 1. The topological polar surface area (TPSA) is 211 Å². The molecule has 5 fully saturated rings. The third-order valence-electron chi connectivity index (χ3n) is 17.0. The Morgan fingerprint density at radius 2 is 1.73 bits per heavy atom. The molecule has 8 aromatic rings. The summed E-state index contributed by atoms with van der Waals surface area (Å²) in [5.74, 6) is 1.48. The lowest BCUT2D eigenvalue weighted by Gasteiger charge is -2.31. The first-order chi connectivity index (χ1) is 40.4. The first kappa shape index (κ1) is 57.3. The van der Waals surface area contributed by atoms with Gasteiger partial charge in [0.05, 0.1) is 55.5 Å². The number of carbonyl (C=O) groups is 2. The Morgan fingerprint density at radius 1 is 0.952 bits per heavy atom. The molecule has 18 nitrogen and oxygen atoms in total. The number of carbonyl (C=O) groups excluding carboxylic acids is 2. The van der Waals surface area contributed by atoms with Gasteiger partial charge in [0, 0.05) is 77.2 Å². The Labute approximate surface area is 483 Å². The minimum Gasteiger partial charge on any atom is -0.486 e. The second kappa shape index (κ2) is 25.5. The molecule has 4 aromatic heterocycles. The van der Waals surface area contributed by atoms with Gasteiger partial charge >= 0.3 is 6.01 Å². The van der Waals surface area contributed by atoms with Crippen LogP contribution in [-0.2, 0) is 20.9 Å². The van der Waals surface area contributed by atoms with Crippen molar-refractivity contribution in [2.75, 3.05) is 58.5 Å². The summed E-state index contributed by atoms with van der Waals surface area (Å²) >= 11 is 0. The van der Waals surface area contributed by atoms with E-state index in [0.717, 1.165) is 138 Å².